The van der Waals surface area contributed by atoms with Gasteiger partial charge in [0.15, 0.2) is 0 Å². The second-order valence-electron chi connectivity index (χ2n) is 4.56. The second kappa shape index (κ2) is 10.3. The van der Waals surface area contributed by atoms with E-state index in [4.69, 9.17) is 4.74 Å². The van der Waals surface area contributed by atoms with Crippen molar-refractivity contribution in [3.8, 4) is 0 Å². The van der Waals surface area contributed by atoms with Crippen LogP contribution in [-0.2, 0) is 9.53 Å². The monoisotopic (exact) mass is 258 g/mol. The molecule has 0 aromatic rings. The maximum absolute atomic E-state index is 11.8. The van der Waals surface area contributed by atoms with Crippen LogP contribution in [-0.4, -0.2) is 50.2 Å². The van der Waals surface area contributed by atoms with Gasteiger partial charge in [-0.15, -0.1) is 0 Å². The molecule has 0 heterocycles. The van der Waals surface area contributed by atoms with Crippen LogP contribution in [0.5, 0.6) is 0 Å². The number of esters is 1. The number of nitrogens with zero attached hydrogens (tertiary/aromatic N) is 1. The summed E-state index contributed by atoms with van der Waals surface area (Å²) in [6, 6.07) is -0.166. The fraction of sp³-hybridized carbons (Fsp3) is 0.929. The van der Waals surface area contributed by atoms with Crippen LogP contribution < -0.4 is 5.32 Å². The number of nitrogens with one attached hydrogen (secondary N) is 1. The quantitative estimate of drug-likeness (QED) is 0.608. The maximum atomic E-state index is 11.8. The maximum Gasteiger partial charge on any atom is 0.323 e. The van der Waals surface area contributed by atoms with Crippen molar-refractivity contribution in [2.75, 3.05) is 33.3 Å². The number of hydrogen-bond donors (Lipinski definition) is 1. The number of methoxy groups -OCH3 is 1. The van der Waals surface area contributed by atoms with Gasteiger partial charge in [0.05, 0.1) is 7.11 Å². The van der Waals surface area contributed by atoms with Gasteiger partial charge in [0.25, 0.3) is 0 Å². The van der Waals surface area contributed by atoms with Crippen molar-refractivity contribution in [3.05, 3.63) is 0 Å². The first-order valence-electron chi connectivity index (χ1n) is 7.17. The Morgan fingerprint density at radius 3 is 2.11 bits per heavy atom. The number of hydrogen-bond acceptors (Lipinski definition) is 4. The van der Waals surface area contributed by atoms with E-state index in [-0.39, 0.29) is 12.0 Å². The Balaban J connectivity index is 4.29. The first-order chi connectivity index (χ1) is 8.64. The number of carbonyl (C=O) groups is 1. The lowest BCUT2D eigenvalue weighted by atomic mass is 9.94. The minimum Gasteiger partial charge on any atom is -0.468 e. The van der Waals surface area contributed by atoms with Gasteiger partial charge >= 0.3 is 5.97 Å². The van der Waals surface area contributed by atoms with Gasteiger partial charge < -0.3 is 15.0 Å². The fourth-order valence-electron chi connectivity index (χ4n) is 2.25. The molecule has 0 aliphatic heterocycles. The third kappa shape index (κ3) is 5.83. The first kappa shape index (κ1) is 17.4. The molecule has 4 heteroatoms. The average molecular weight is 258 g/mol. The number of carbonyl (C=O) groups excluding carboxylic acids is 1. The molecule has 0 aromatic carbocycles. The van der Waals surface area contributed by atoms with Gasteiger partial charge in [0.2, 0.25) is 0 Å². The predicted molar refractivity (Wildman–Crippen MR) is 75.7 cm³/mol. The number of ether oxygens (including phenoxy) is 1. The summed E-state index contributed by atoms with van der Waals surface area (Å²) in [6.07, 6.45) is 1.99. The summed E-state index contributed by atoms with van der Waals surface area (Å²) in [4.78, 5) is 14.1. The molecule has 0 fully saturated rings. The largest absolute Gasteiger partial charge is 0.468 e. The molecule has 108 valence electrons. The third-order valence-corrected chi connectivity index (χ3v) is 3.66. The zero-order chi connectivity index (χ0) is 14.0. The van der Waals surface area contributed by atoms with Crippen molar-refractivity contribution in [1.82, 2.24) is 10.2 Å². The highest BCUT2D eigenvalue weighted by Gasteiger charge is 2.26. The van der Waals surface area contributed by atoms with Crippen LogP contribution in [0.4, 0.5) is 0 Å². The molecule has 1 N–H and O–H groups in total. The van der Waals surface area contributed by atoms with E-state index in [1.165, 1.54) is 7.11 Å². The van der Waals surface area contributed by atoms with E-state index in [2.05, 4.69) is 37.9 Å². The molecule has 0 amide bonds. The van der Waals surface area contributed by atoms with Crippen molar-refractivity contribution < 1.29 is 9.53 Å². The normalized spacial score (nSPS) is 13.1. The van der Waals surface area contributed by atoms with Gasteiger partial charge in [-0.3, -0.25) is 4.79 Å². The zero-order valence-corrected chi connectivity index (χ0v) is 12.7. The molecule has 1 atom stereocenters. The van der Waals surface area contributed by atoms with Crippen molar-refractivity contribution in [3.63, 3.8) is 0 Å². The molecule has 0 aromatic heterocycles. The van der Waals surface area contributed by atoms with Crippen molar-refractivity contribution >= 4 is 5.97 Å². The number of likely N-dealkylation sites (N-methyl/N-ethyl adjacent to an activating group) is 1. The van der Waals surface area contributed by atoms with Crippen molar-refractivity contribution in [2.45, 2.75) is 46.6 Å². The molecule has 18 heavy (non-hydrogen) atoms. The minimum atomic E-state index is -0.166. The molecule has 1 unspecified atom stereocenters. The molecule has 0 aliphatic carbocycles. The molecular weight excluding hydrogens is 228 g/mol. The summed E-state index contributed by atoms with van der Waals surface area (Å²) < 4.78 is 4.89. The highest BCUT2D eigenvalue weighted by atomic mass is 16.5. The van der Waals surface area contributed by atoms with Gasteiger partial charge in [-0.1, -0.05) is 40.5 Å². The number of rotatable bonds is 10. The van der Waals surface area contributed by atoms with Crippen LogP contribution in [0.15, 0.2) is 0 Å². The zero-order valence-electron chi connectivity index (χ0n) is 12.7. The fourth-order valence-corrected chi connectivity index (χ4v) is 2.25. The second-order valence-corrected chi connectivity index (χ2v) is 4.56. The van der Waals surface area contributed by atoms with Crippen LogP contribution in [0.3, 0.4) is 0 Å². The Bertz CT molecular complexity index is 214. The van der Waals surface area contributed by atoms with Crippen LogP contribution in [0.2, 0.25) is 0 Å². The summed E-state index contributed by atoms with van der Waals surface area (Å²) in [6.45, 7) is 12.5. The highest BCUT2D eigenvalue weighted by molar-refractivity contribution is 5.76. The molecule has 0 saturated heterocycles. The smallest absolute Gasteiger partial charge is 0.323 e. The predicted octanol–water partition coefficient (Wildman–Crippen LogP) is 1.90. The lowest BCUT2D eigenvalue weighted by Crippen LogP contribution is -2.46. The van der Waals surface area contributed by atoms with Gasteiger partial charge in [-0.2, -0.15) is 0 Å². The molecule has 0 saturated carbocycles. The van der Waals surface area contributed by atoms with Gasteiger partial charge in [-0.05, 0) is 19.0 Å². The summed E-state index contributed by atoms with van der Waals surface area (Å²) in [5, 5.41) is 3.36. The molecular formula is C14H30N2O2. The van der Waals surface area contributed by atoms with E-state index in [9.17, 15) is 4.79 Å². The summed E-state index contributed by atoms with van der Waals surface area (Å²) in [5.41, 5.74) is 0. The molecule has 0 spiro atoms. The Morgan fingerprint density at radius 2 is 1.72 bits per heavy atom. The van der Waals surface area contributed by atoms with Crippen LogP contribution in [0.1, 0.15) is 40.5 Å². The standard InChI is InChI=1S/C14H30N2O2/c1-6-12(7-2)13(14(17)18-5)15-10-11-16(8-3)9-4/h12-13,15H,6-11H2,1-5H3. The van der Waals surface area contributed by atoms with Gasteiger partial charge in [0.1, 0.15) is 6.04 Å². The lowest BCUT2D eigenvalue weighted by molar-refractivity contribution is -0.144. The topological polar surface area (TPSA) is 41.6 Å². The average Bonchev–Trinajstić information content (AvgIpc) is 2.41. The van der Waals surface area contributed by atoms with E-state index >= 15 is 0 Å². The Morgan fingerprint density at radius 1 is 1.17 bits per heavy atom. The molecule has 0 rings (SSSR count). The molecule has 4 nitrogen and oxygen atoms in total. The van der Waals surface area contributed by atoms with E-state index in [1.807, 2.05) is 0 Å². The Labute approximate surface area is 112 Å². The highest BCUT2D eigenvalue weighted by Crippen LogP contribution is 2.14. The summed E-state index contributed by atoms with van der Waals surface area (Å²) >= 11 is 0. The van der Waals surface area contributed by atoms with Crippen LogP contribution in [0.25, 0.3) is 0 Å². The van der Waals surface area contributed by atoms with E-state index in [1.54, 1.807) is 0 Å². The van der Waals surface area contributed by atoms with Gasteiger partial charge in [0, 0.05) is 13.1 Å². The SMILES string of the molecule is CCC(CC)C(NCCN(CC)CC)C(=O)OC. The first-order valence-corrected chi connectivity index (χ1v) is 7.17. The van der Waals surface area contributed by atoms with Crippen molar-refractivity contribution in [2.24, 2.45) is 5.92 Å². The lowest BCUT2D eigenvalue weighted by Gasteiger charge is -2.26. The molecule has 0 radical (unpaired) electrons. The van der Waals surface area contributed by atoms with E-state index < -0.39 is 0 Å². The van der Waals surface area contributed by atoms with E-state index in [0.717, 1.165) is 39.0 Å². The molecule has 0 aliphatic rings. The van der Waals surface area contributed by atoms with Crippen molar-refractivity contribution in [1.29, 1.82) is 0 Å². The van der Waals surface area contributed by atoms with E-state index in [0.29, 0.717) is 5.92 Å². The summed E-state index contributed by atoms with van der Waals surface area (Å²) in [7, 11) is 1.46. The van der Waals surface area contributed by atoms with Gasteiger partial charge in [-0.25, -0.2) is 0 Å². The van der Waals surface area contributed by atoms with Crippen LogP contribution >= 0.6 is 0 Å². The third-order valence-electron chi connectivity index (χ3n) is 3.66. The Hall–Kier alpha value is -0.610. The summed E-state index contributed by atoms with van der Waals surface area (Å²) in [5.74, 6) is 0.220. The van der Waals surface area contributed by atoms with Crippen LogP contribution in [0, 0.1) is 5.92 Å². The Kier molecular flexibility index (Phi) is 9.98. The molecule has 0 bridgehead atoms. The minimum absolute atomic E-state index is 0.136.